The second kappa shape index (κ2) is 8.35. The lowest BCUT2D eigenvalue weighted by Gasteiger charge is -2.34. The van der Waals surface area contributed by atoms with Crippen molar-refractivity contribution in [3.63, 3.8) is 0 Å². The van der Waals surface area contributed by atoms with Crippen molar-refractivity contribution in [2.75, 3.05) is 36.4 Å². The first-order valence-corrected chi connectivity index (χ1v) is 10.7. The Bertz CT molecular complexity index is 1180. The van der Waals surface area contributed by atoms with Crippen molar-refractivity contribution < 1.29 is 0 Å². The van der Waals surface area contributed by atoms with Gasteiger partial charge in [-0.1, -0.05) is 42.5 Å². The quantitative estimate of drug-likeness (QED) is 0.538. The highest BCUT2D eigenvalue weighted by molar-refractivity contribution is 5.89. The van der Waals surface area contributed by atoms with Crippen LogP contribution in [0.4, 0.5) is 17.5 Å². The van der Waals surface area contributed by atoms with E-state index >= 15 is 0 Å². The summed E-state index contributed by atoms with van der Waals surface area (Å²) in [5.41, 5.74) is 4.42. The molecule has 1 fully saturated rings. The van der Waals surface area contributed by atoms with Gasteiger partial charge in [0, 0.05) is 45.5 Å². The zero-order valence-corrected chi connectivity index (χ0v) is 18.0. The van der Waals surface area contributed by atoms with Crippen LogP contribution in [0.1, 0.15) is 11.1 Å². The number of aryl methyl sites for hydroxylation is 2. The molecule has 0 amide bonds. The van der Waals surface area contributed by atoms with E-state index in [4.69, 9.17) is 9.97 Å². The van der Waals surface area contributed by atoms with Gasteiger partial charge in [0.2, 0.25) is 5.95 Å². The highest BCUT2D eigenvalue weighted by Crippen LogP contribution is 2.27. The van der Waals surface area contributed by atoms with Crippen LogP contribution in [-0.4, -0.2) is 50.8 Å². The Morgan fingerprint density at radius 3 is 2.52 bits per heavy atom. The van der Waals surface area contributed by atoms with Crippen LogP contribution >= 0.6 is 0 Å². The smallest absolute Gasteiger partial charge is 0.229 e. The first kappa shape index (κ1) is 19.5. The van der Waals surface area contributed by atoms with Gasteiger partial charge in [0.25, 0.3) is 0 Å². The number of nitrogens with one attached hydrogen (secondary N) is 1. The van der Waals surface area contributed by atoms with Crippen LogP contribution in [0.2, 0.25) is 0 Å². The summed E-state index contributed by atoms with van der Waals surface area (Å²) in [4.78, 5) is 14.5. The van der Waals surface area contributed by atoms with Gasteiger partial charge >= 0.3 is 0 Å². The molecule has 0 radical (unpaired) electrons. The summed E-state index contributed by atoms with van der Waals surface area (Å²) in [5, 5.41) is 8.81. The molecular formula is C24H27N7. The van der Waals surface area contributed by atoms with Gasteiger partial charge in [-0.15, -0.1) is 0 Å². The van der Waals surface area contributed by atoms with Gasteiger partial charge in [0.15, 0.2) is 5.65 Å². The van der Waals surface area contributed by atoms with Crippen LogP contribution in [0, 0.1) is 6.92 Å². The third kappa shape index (κ3) is 4.22. The van der Waals surface area contributed by atoms with E-state index in [0.717, 1.165) is 61.2 Å². The van der Waals surface area contributed by atoms with Gasteiger partial charge in [-0.25, -0.2) is 0 Å². The summed E-state index contributed by atoms with van der Waals surface area (Å²) in [6.07, 6.45) is 1.83. The van der Waals surface area contributed by atoms with Crippen LogP contribution in [0.15, 0.2) is 60.8 Å². The standard InChI is InChI=1S/C24H27N7/c1-18-7-6-10-20(15-18)26-22-21-16-25-29(2)23(21)28-24(27-22)31-13-11-30(12-14-31)17-19-8-4-3-5-9-19/h3-10,15-16H,11-14,17H2,1-2H3,(H,26,27,28). The third-order valence-electron chi connectivity index (χ3n) is 5.77. The lowest BCUT2D eigenvalue weighted by atomic mass is 10.2. The number of fused-ring (bicyclic) bond motifs is 1. The second-order valence-electron chi connectivity index (χ2n) is 8.12. The van der Waals surface area contributed by atoms with E-state index in [0.29, 0.717) is 0 Å². The van der Waals surface area contributed by atoms with Crippen LogP contribution in [0.5, 0.6) is 0 Å². The fourth-order valence-electron chi connectivity index (χ4n) is 4.05. The van der Waals surface area contributed by atoms with E-state index in [9.17, 15) is 0 Å². The number of aromatic nitrogens is 4. The van der Waals surface area contributed by atoms with Gasteiger partial charge in [-0.3, -0.25) is 9.58 Å². The minimum Gasteiger partial charge on any atom is -0.339 e. The average molecular weight is 414 g/mol. The number of benzene rings is 2. The fourth-order valence-corrected chi connectivity index (χ4v) is 4.05. The summed E-state index contributed by atoms with van der Waals surface area (Å²) in [6.45, 7) is 6.85. The molecule has 7 heteroatoms. The molecule has 2 aromatic carbocycles. The van der Waals surface area contributed by atoms with Gasteiger partial charge in [-0.2, -0.15) is 15.1 Å². The molecular weight excluding hydrogens is 386 g/mol. The molecule has 0 saturated carbocycles. The summed E-state index contributed by atoms with van der Waals surface area (Å²) in [7, 11) is 1.92. The van der Waals surface area contributed by atoms with Gasteiger partial charge in [0.05, 0.1) is 11.6 Å². The van der Waals surface area contributed by atoms with Crippen molar-refractivity contribution in [3.8, 4) is 0 Å². The minimum atomic E-state index is 0.755. The molecule has 3 heterocycles. The van der Waals surface area contributed by atoms with Crippen LogP contribution < -0.4 is 10.2 Å². The maximum absolute atomic E-state index is 4.90. The maximum Gasteiger partial charge on any atom is 0.229 e. The van der Waals surface area contributed by atoms with Crippen molar-refractivity contribution in [2.24, 2.45) is 7.05 Å². The predicted molar refractivity (Wildman–Crippen MR) is 125 cm³/mol. The topological polar surface area (TPSA) is 62.1 Å². The van der Waals surface area contributed by atoms with Crippen molar-refractivity contribution >= 4 is 28.5 Å². The molecule has 5 rings (SSSR count). The van der Waals surface area contributed by atoms with Crippen LogP contribution in [0.3, 0.4) is 0 Å². The Balaban J connectivity index is 1.37. The fraction of sp³-hybridized carbons (Fsp3) is 0.292. The average Bonchev–Trinajstić information content (AvgIpc) is 3.16. The van der Waals surface area contributed by atoms with E-state index in [1.165, 1.54) is 11.1 Å². The zero-order valence-electron chi connectivity index (χ0n) is 18.0. The summed E-state index contributed by atoms with van der Waals surface area (Å²) in [5.74, 6) is 1.55. The number of nitrogens with zero attached hydrogens (tertiary/aromatic N) is 6. The Kier molecular flexibility index (Phi) is 5.26. The van der Waals surface area contributed by atoms with Crippen molar-refractivity contribution in [1.29, 1.82) is 0 Å². The number of anilines is 3. The number of hydrogen-bond acceptors (Lipinski definition) is 6. The summed E-state index contributed by atoms with van der Waals surface area (Å²) >= 11 is 0. The van der Waals surface area contributed by atoms with Gasteiger partial charge in [-0.05, 0) is 30.2 Å². The highest BCUT2D eigenvalue weighted by Gasteiger charge is 2.21. The molecule has 1 saturated heterocycles. The van der Waals surface area contributed by atoms with E-state index in [1.807, 2.05) is 24.0 Å². The normalized spacial score (nSPS) is 14.8. The Morgan fingerprint density at radius 2 is 1.74 bits per heavy atom. The largest absolute Gasteiger partial charge is 0.339 e. The number of hydrogen-bond donors (Lipinski definition) is 1. The van der Waals surface area contributed by atoms with Crippen molar-refractivity contribution in [3.05, 3.63) is 71.9 Å². The summed E-state index contributed by atoms with van der Waals surface area (Å²) < 4.78 is 1.81. The molecule has 0 unspecified atom stereocenters. The zero-order chi connectivity index (χ0) is 21.2. The lowest BCUT2D eigenvalue weighted by molar-refractivity contribution is 0.249. The van der Waals surface area contributed by atoms with Crippen LogP contribution in [0.25, 0.3) is 11.0 Å². The predicted octanol–water partition coefficient (Wildman–Crippen LogP) is 3.74. The monoisotopic (exact) mass is 413 g/mol. The lowest BCUT2D eigenvalue weighted by Crippen LogP contribution is -2.46. The van der Waals surface area contributed by atoms with Gasteiger partial charge < -0.3 is 10.2 Å². The molecule has 2 aromatic heterocycles. The first-order valence-electron chi connectivity index (χ1n) is 10.7. The minimum absolute atomic E-state index is 0.755. The molecule has 1 N–H and O–H groups in total. The second-order valence-corrected chi connectivity index (χ2v) is 8.12. The van der Waals surface area contributed by atoms with Gasteiger partial charge in [0.1, 0.15) is 5.82 Å². The Hall–Kier alpha value is -3.45. The first-order chi connectivity index (χ1) is 15.2. The third-order valence-corrected chi connectivity index (χ3v) is 5.77. The number of rotatable bonds is 5. The Labute approximate surface area is 182 Å². The summed E-state index contributed by atoms with van der Waals surface area (Å²) in [6, 6.07) is 19.0. The molecule has 0 aliphatic carbocycles. The van der Waals surface area contributed by atoms with Crippen LogP contribution in [-0.2, 0) is 13.6 Å². The molecule has 1 aliphatic rings. The molecule has 31 heavy (non-hydrogen) atoms. The molecule has 0 bridgehead atoms. The molecule has 7 nitrogen and oxygen atoms in total. The molecule has 158 valence electrons. The van der Waals surface area contributed by atoms with E-state index < -0.39 is 0 Å². The van der Waals surface area contributed by atoms with E-state index in [-0.39, 0.29) is 0 Å². The van der Waals surface area contributed by atoms with E-state index in [2.05, 4.69) is 75.7 Å². The number of piperazine rings is 1. The SMILES string of the molecule is Cc1cccc(Nc2nc(N3CCN(Cc4ccccc4)CC3)nc3c2cnn3C)c1. The molecule has 0 spiro atoms. The van der Waals surface area contributed by atoms with Crippen molar-refractivity contribution in [1.82, 2.24) is 24.6 Å². The maximum atomic E-state index is 4.90. The molecule has 0 atom stereocenters. The molecule has 4 aromatic rings. The molecule has 1 aliphatic heterocycles. The van der Waals surface area contributed by atoms with E-state index in [1.54, 1.807) is 0 Å². The Morgan fingerprint density at radius 1 is 0.935 bits per heavy atom. The van der Waals surface area contributed by atoms with Crippen molar-refractivity contribution in [2.45, 2.75) is 13.5 Å². The highest BCUT2D eigenvalue weighted by atomic mass is 15.4.